The summed E-state index contributed by atoms with van der Waals surface area (Å²) >= 11 is 0. The van der Waals surface area contributed by atoms with Gasteiger partial charge in [0.2, 0.25) is 0 Å². The van der Waals surface area contributed by atoms with Gasteiger partial charge in [0.25, 0.3) is 0 Å². The monoisotopic (exact) mass is 508 g/mol. The highest BCUT2D eigenvalue weighted by atomic mass is 16.5. The molecule has 2 rings (SSSR count). The molecule has 2 fully saturated rings. The highest BCUT2D eigenvalue weighted by Gasteiger charge is 2.44. The van der Waals surface area contributed by atoms with Gasteiger partial charge in [0.1, 0.15) is 0 Å². The first-order valence-electron chi connectivity index (χ1n) is 16.5. The maximum absolute atomic E-state index is 6.01. The van der Waals surface area contributed by atoms with Crippen molar-refractivity contribution in [1.29, 1.82) is 0 Å². The topological polar surface area (TPSA) is 21.7 Å². The molecule has 0 N–H and O–H groups in total. The van der Waals surface area contributed by atoms with Crippen molar-refractivity contribution in [1.82, 2.24) is 4.90 Å². The lowest BCUT2D eigenvalue weighted by atomic mass is 10.0. The van der Waals surface area contributed by atoms with Gasteiger partial charge in [0.15, 0.2) is 0 Å². The van der Waals surface area contributed by atoms with Crippen LogP contribution in [0.1, 0.15) is 142 Å². The van der Waals surface area contributed by atoms with Crippen LogP contribution in [0.25, 0.3) is 0 Å². The van der Waals surface area contributed by atoms with E-state index in [0.29, 0.717) is 6.04 Å². The van der Waals surface area contributed by atoms with Gasteiger partial charge in [-0.2, -0.15) is 0 Å². The second-order valence-electron chi connectivity index (χ2n) is 12.7. The van der Waals surface area contributed by atoms with E-state index in [1.54, 1.807) is 19.3 Å². The van der Waals surface area contributed by atoms with Gasteiger partial charge in [-0.05, 0) is 69.9 Å². The molecule has 0 aromatic carbocycles. The maximum atomic E-state index is 6.01. The third-order valence-electron chi connectivity index (χ3n) is 9.03. The zero-order valence-electron chi connectivity index (χ0n) is 25.1. The van der Waals surface area contributed by atoms with Crippen LogP contribution in [0.4, 0.5) is 0 Å². The van der Waals surface area contributed by atoms with E-state index in [1.807, 2.05) is 0 Å². The average Bonchev–Trinajstić information content (AvgIpc) is 3.79. The summed E-state index contributed by atoms with van der Waals surface area (Å²) in [4.78, 5) is 2.25. The number of hydrogen-bond acceptors (Lipinski definition) is 3. The number of unbranched alkanes of at least 4 members (excludes halogenated alkanes) is 12. The van der Waals surface area contributed by atoms with Gasteiger partial charge in [-0.15, -0.1) is 0 Å². The minimum absolute atomic E-state index is 0.378. The van der Waals surface area contributed by atoms with Crippen molar-refractivity contribution in [2.75, 3.05) is 40.5 Å². The molecule has 2 saturated carbocycles. The van der Waals surface area contributed by atoms with E-state index in [2.05, 4.69) is 32.8 Å². The Hall–Kier alpha value is -0.120. The Morgan fingerprint density at radius 2 is 0.972 bits per heavy atom. The summed E-state index contributed by atoms with van der Waals surface area (Å²) in [5.74, 6) is 4.48. The molecule has 5 atom stereocenters. The number of likely N-dealkylation sites (N-methyl/N-ethyl adjacent to an activating group) is 1. The molecule has 3 heteroatoms. The van der Waals surface area contributed by atoms with E-state index in [4.69, 9.17) is 9.47 Å². The Labute approximate surface area is 226 Å². The molecule has 214 valence electrons. The molecule has 0 radical (unpaired) electrons. The first-order valence-corrected chi connectivity index (χ1v) is 16.5. The summed E-state index contributed by atoms with van der Waals surface area (Å²) < 4.78 is 12.0. The van der Waals surface area contributed by atoms with Crippen molar-refractivity contribution in [3.05, 3.63) is 0 Å². The fraction of sp³-hybridized carbons (Fsp3) is 1.00. The smallest absolute Gasteiger partial charge is 0.0644 e. The summed E-state index contributed by atoms with van der Waals surface area (Å²) in [6.07, 6.45) is 28.3. The first kappa shape index (κ1) is 32.1. The van der Waals surface area contributed by atoms with Gasteiger partial charge in [-0.25, -0.2) is 0 Å². The van der Waals surface area contributed by atoms with Gasteiger partial charge in [-0.1, -0.05) is 110 Å². The summed E-state index contributed by atoms with van der Waals surface area (Å²) in [6, 6.07) is 0.378. The van der Waals surface area contributed by atoms with Gasteiger partial charge >= 0.3 is 0 Å². The van der Waals surface area contributed by atoms with Crippen LogP contribution in [0.5, 0.6) is 0 Å². The molecular formula is C33H65NO2. The SMILES string of the molecule is CCCCCCCCOCC(COCCCCCCCC[C@H]1C[C@H]1C[C@@H]1C[C@@H]1CCCCC)N(C)C. The standard InChI is InChI=1S/C33H65NO2/c1-5-7-9-10-14-18-22-35-27-33(34(3)4)28-36-23-19-15-12-11-13-17-21-30-25-32(30)26-31-24-29(31)20-16-8-6-2/h29-33H,5-28H2,1-4H3/t29-,30-,31-,32-,33?/m0/s1. The quantitative estimate of drug-likeness (QED) is 0.103. The Balaban J connectivity index is 1.31. The average molecular weight is 508 g/mol. The fourth-order valence-corrected chi connectivity index (χ4v) is 6.04. The molecule has 0 heterocycles. The Bertz CT molecular complexity index is 496. The van der Waals surface area contributed by atoms with E-state index < -0.39 is 0 Å². The van der Waals surface area contributed by atoms with E-state index in [9.17, 15) is 0 Å². The third-order valence-corrected chi connectivity index (χ3v) is 9.03. The molecule has 0 aromatic heterocycles. The maximum Gasteiger partial charge on any atom is 0.0644 e. The molecular weight excluding hydrogens is 442 g/mol. The molecule has 0 aromatic rings. The van der Waals surface area contributed by atoms with Crippen LogP contribution in [0.3, 0.4) is 0 Å². The van der Waals surface area contributed by atoms with Crippen LogP contribution >= 0.6 is 0 Å². The normalized spacial score (nSPS) is 23.9. The molecule has 0 bridgehead atoms. The van der Waals surface area contributed by atoms with Gasteiger partial charge in [-0.3, -0.25) is 0 Å². The first-order chi connectivity index (χ1) is 17.7. The van der Waals surface area contributed by atoms with Crippen LogP contribution < -0.4 is 0 Å². The Kier molecular flexibility index (Phi) is 18.5. The van der Waals surface area contributed by atoms with Crippen LogP contribution in [-0.4, -0.2) is 51.5 Å². The van der Waals surface area contributed by atoms with Crippen molar-refractivity contribution in [3.8, 4) is 0 Å². The largest absolute Gasteiger partial charge is 0.380 e. The highest BCUT2D eigenvalue weighted by molar-refractivity contribution is 4.94. The van der Waals surface area contributed by atoms with E-state index in [0.717, 1.165) is 50.1 Å². The lowest BCUT2D eigenvalue weighted by molar-refractivity contribution is 0.0197. The summed E-state index contributed by atoms with van der Waals surface area (Å²) in [5.41, 5.74) is 0. The predicted molar refractivity (Wildman–Crippen MR) is 157 cm³/mol. The summed E-state index contributed by atoms with van der Waals surface area (Å²) in [6.45, 7) is 8.00. The van der Waals surface area contributed by atoms with Gasteiger partial charge in [0, 0.05) is 13.2 Å². The van der Waals surface area contributed by atoms with Crippen molar-refractivity contribution in [2.45, 2.75) is 148 Å². The van der Waals surface area contributed by atoms with E-state index >= 15 is 0 Å². The second kappa shape index (κ2) is 20.8. The Morgan fingerprint density at radius 3 is 1.47 bits per heavy atom. The highest BCUT2D eigenvalue weighted by Crippen LogP contribution is 2.54. The predicted octanol–water partition coefficient (Wildman–Crippen LogP) is 9.28. The summed E-state index contributed by atoms with van der Waals surface area (Å²) in [5, 5.41) is 0. The van der Waals surface area contributed by atoms with Gasteiger partial charge in [0.05, 0.1) is 19.3 Å². The molecule has 0 saturated heterocycles. The Morgan fingerprint density at radius 1 is 0.556 bits per heavy atom. The number of nitrogens with zero attached hydrogens (tertiary/aromatic N) is 1. The third kappa shape index (κ3) is 16.0. The van der Waals surface area contributed by atoms with Crippen LogP contribution in [0.15, 0.2) is 0 Å². The van der Waals surface area contributed by atoms with Crippen LogP contribution in [0, 0.1) is 23.7 Å². The minimum atomic E-state index is 0.378. The second-order valence-corrected chi connectivity index (χ2v) is 12.7. The van der Waals surface area contributed by atoms with Crippen LogP contribution in [-0.2, 0) is 9.47 Å². The molecule has 0 aliphatic heterocycles. The van der Waals surface area contributed by atoms with E-state index in [-0.39, 0.29) is 0 Å². The van der Waals surface area contributed by atoms with Crippen molar-refractivity contribution in [3.63, 3.8) is 0 Å². The minimum Gasteiger partial charge on any atom is -0.380 e. The van der Waals surface area contributed by atoms with E-state index in [1.165, 1.54) is 109 Å². The van der Waals surface area contributed by atoms with Crippen molar-refractivity contribution >= 4 is 0 Å². The van der Waals surface area contributed by atoms with Gasteiger partial charge < -0.3 is 14.4 Å². The lowest BCUT2D eigenvalue weighted by Crippen LogP contribution is -2.37. The zero-order valence-corrected chi connectivity index (χ0v) is 25.1. The molecule has 36 heavy (non-hydrogen) atoms. The van der Waals surface area contributed by atoms with Crippen molar-refractivity contribution in [2.24, 2.45) is 23.7 Å². The fourth-order valence-electron chi connectivity index (χ4n) is 6.04. The molecule has 0 amide bonds. The molecule has 0 spiro atoms. The van der Waals surface area contributed by atoms with Crippen molar-refractivity contribution < 1.29 is 9.47 Å². The molecule has 3 nitrogen and oxygen atoms in total. The molecule has 2 aliphatic carbocycles. The molecule has 2 aliphatic rings. The summed E-state index contributed by atoms with van der Waals surface area (Å²) in [7, 11) is 4.28. The zero-order chi connectivity index (χ0) is 25.8. The van der Waals surface area contributed by atoms with Crippen LogP contribution in [0.2, 0.25) is 0 Å². The lowest BCUT2D eigenvalue weighted by Gasteiger charge is -2.24. The number of rotatable bonds is 27. The number of hydrogen-bond donors (Lipinski definition) is 0. The molecule has 1 unspecified atom stereocenters. The number of ether oxygens (including phenoxy) is 2.